The second-order valence-electron chi connectivity index (χ2n) is 10.1. The fraction of sp³-hybridized carbons (Fsp3) is 0.188. The largest absolute Gasteiger partial charge is 0.493 e. The molecular weight excluding hydrogens is 568 g/mol. The van der Waals surface area contributed by atoms with E-state index in [1.165, 1.54) is 52.9 Å². The molecule has 0 fully saturated rings. The second-order valence-corrected chi connectivity index (χ2v) is 10.1. The fourth-order valence-corrected chi connectivity index (χ4v) is 5.33. The maximum atomic E-state index is 14.1. The third-order valence-corrected chi connectivity index (χ3v) is 7.33. The molecule has 0 atom stereocenters. The molecule has 0 aliphatic heterocycles. The van der Waals surface area contributed by atoms with Crippen molar-refractivity contribution >= 4 is 11.9 Å². The summed E-state index contributed by atoms with van der Waals surface area (Å²) in [6.45, 7) is 5.63. The highest BCUT2D eigenvalue weighted by molar-refractivity contribution is 5.88. The number of aromatic amines is 2. The van der Waals surface area contributed by atoms with Crippen molar-refractivity contribution in [2.75, 3.05) is 13.7 Å². The summed E-state index contributed by atoms with van der Waals surface area (Å²) in [6, 6.07) is 17.0. The van der Waals surface area contributed by atoms with Crippen LogP contribution in [0.1, 0.15) is 61.6 Å². The summed E-state index contributed by atoms with van der Waals surface area (Å²) >= 11 is 0. The smallest absolute Gasteiger partial charge is 0.335 e. The summed E-state index contributed by atoms with van der Waals surface area (Å²) in [5.41, 5.74) is 1.62. The van der Waals surface area contributed by atoms with E-state index in [4.69, 9.17) is 9.47 Å². The lowest BCUT2D eigenvalue weighted by Gasteiger charge is -2.18. The van der Waals surface area contributed by atoms with Gasteiger partial charge in [0, 0.05) is 17.3 Å². The maximum Gasteiger partial charge on any atom is 0.335 e. The number of nitrogens with zero attached hydrogens (tertiary/aromatic N) is 2. The number of H-pyrrole nitrogens is 2. The van der Waals surface area contributed by atoms with Crippen LogP contribution in [0.4, 0.5) is 0 Å². The fourth-order valence-electron chi connectivity index (χ4n) is 5.33. The zero-order valence-corrected chi connectivity index (χ0v) is 24.4. The first-order valence-electron chi connectivity index (χ1n) is 13.7. The number of nitrogens with one attached hydrogen (secondary N) is 2. The molecule has 0 radical (unpaired) electrons. The predicted octanol–water partition coefficient (Wildman–Crippen LogP) is 4.25. The van der Waals surface area contributed by atoms with E-state index in [0.29, 0.717) is 46.4 Å². The third kappa shape index (κ3) is 5.28. The van der Waals surface area contributed by atoms with Crippen LogP contribution in [0.15, 0.2) is 76.3 Å². The van der Waals surface area contributed by atoms with Gasteiger partial charge >= 0.3 is 11.9 Å². The van der Waals surface area contributed by atoms with Gasteiger partial charge in [-0.1, -0.05) is 18.2 Å². The van der Waals surface area contributed by atoms with E-state index in [-0.39, 0.29) is 22.3 Å². The molecule has 0 aliphatic carbocycles. The number of hydrogen-bond acceptors (Lipinski definition) is 6. The SMILES string of the molecule is CCOc1ccc(C(c2c(C)[nH]n(-c3cccc(C(=O)O)c3)c2=O)c2c(C)[nH]n(-c3cccc(C(=O)O)c3)c2=O)cc1OC. The van der Waals surface area contributed by atoms with E-state index in [9.17, 15) is 29.4 Å². The third-order valence-electron chi connectivity index (χ3n) is 7.33. The van der Waals surface area contributed by atoms with E-state index >= 15 is 0 Å². The molecule has 2 heterocycles. The van der Waals surface area contributed by atoms with Crippen LogP contribution in [0.3, 0.4) is 0 Å². The van der Waals surface area contributed by atoms with Crippen LogP contribution >= 0.6 is 0 Å². The topological polar surface area (TPSA) is 169 Å². The number of aryl methyl sites for hydroxylation is 2. The lowest BCUT2D eigenvalue weighted by molar-refractivity contribution is 0.0686. The zero-order valence-electron chi connectivity index (χ0n) is 24.4. The van der Waals surface area contributed by atoms with Crippen molar-refractivity contribution in [3.63, 3.8) is 0 Å². The van der Waals surface area contributed by atoms with Crippen molar-refractivity contribution in [2.24, 2.45) is 0 Å². The maximum absolute atomic E-state index is 14.1. The summed E-state index contributed by atoms with van der Waals surface area (Å²) < 4.78 is 13.8. The standard InChI is InChI=1S/C32H30N4O8/c1-5-44-24-13-12-19(16-25(24)43-4)28(26-17(2)33-35(29(26)37)22-10-6-8-20(14-22)31(39)40)27-18(3)34-36(30(27)38)23-11-7-9-21(15-23)32(41)42/h6-16,28,33-34H,5H2,1-4H3,(H,39,40)(H,41,42). The van der Waals surface area contributed by atoms with Crippen LogP contribution in [0.25, 0.3) is 11.4 Å². The van der Waals surface area contributed by atoms with Gasteiger partial charge in [0.1, 0.15) is 0 Å². The minimum atomic E-state index is -1.14. The van der Waals surface area contributed by atoms with Crippen LogP contribution < -0.4 is 20.6 Å². The molecule has 5 aromatic rings. The lowest BCUT2D eigenvalue weighted by atomic mass is 9.85. The minimum absolute atomic E-state index is 0.00367. The molecule has 44 heavy (non-hydrogen) atoms. The Labute approximate surface area is 250 Å². The van der Waals surface area contributed by atoms with Crippen molar-refractivity contribution in [1.29, 1.82) is 0 Å². The van der Waals surface area contributed by atoms with Crippen molar-refractivity contribution in [3.8, 4) is 22.9 Å². The van der Waals surface area contributed by atoms with Gasteiger partial charge in [-0.2, -0.15) is 0 Å². The Morgan fingerprint density at radius 2 is 1.27 bits per heavy atom. The molecule has 0 aliphatic rings. The van der Waals surface area contributed by atoms with Crippen LogP contribution in [0, 0.1) is 13.8 Å². The normalized spacial score (nSPS) is 11.1. The summed E-state index contributed by atoms with van der Waals surface area (Å²) in [4.78, 5) is 51.5. The quantitative estimate of drug-likeness (QED) is 0.185. The Morgan fingerprint density at radius 1 is 0.773 bits per heavy atom. The van der Waals surface area contributed by atoms with Gasteiger partial charge in [0.15, 0.2) is 11.5 Å². The molecule has 0 saturated carbocycles. The van der Waals surface area contributed by atoms with Gasteiger partial charge in [0.25, 0.3) is 11.1 Å². The van der Waals surface area contributed by atoms with E-state index in [1.807, 2.05) is 6.92 Å². The molecule has 4 N–H and O–H groups in total. The molecule has 226 valence electrons. The Bertz CT molecular complexity index is 1900. The number of ether oxygens (including phenoxy) is 2. The Kier molecular flexibility index (Phi) is 7.99. The van der Waals surface area contributed by atoms with Gasteiger partial charge < -0.3 is 19.7 Å². The number of benzene rings is 3. The van der Waals surface area contributed by atoms with Crippen LogP contribution in [0.5, 0.6) is 11.5 Å². The molecule has 5 rings (SSSR count). The first kappa shape index (κ1) is 29.7. The first-order valence-corrected chi connectivity index (χ1v) is 13.7. The van der Waals surface area contributed by atoms with E-state index < -0.39 is 29.0 Å². The average molecular weight is 599 g/mol. The molecule has 0 unspecified atom stereocenters. The monoisotopic (exact) mass is 598 g/mol. The number of hydrogen-bond donors (Lipinski definition) is 4. The van der Waals surface area contributed by atoms with Crippen molar-refractivity contribution in [2.45, 2.75) is 26.7 Å². The molecule has 0 amide bonds. The molecule has 2 aromatic heterocycles. The van der Waals surface area contributed by atoms with Gasteiger partial charge in [0.2, 0.25) is 0 Å². The van der Waals surface area contributed by atoms with E-state index in [2.05, 4.69) is 10.2 Å². The molecule has 3 aromatic carbocycles. The molecule has 0 bridgehead atoms. The van der Waals surface area contributed by atoms with Gasteiger partial charge in [-0.25, -0.2) is 19.0 Å². The van der Waals surface area contributed by atoms with Crippen LogP contribution in [-0.4, -0.2) is 55.4 Å². The summed E-state index contributed by atoms with van der Waals surface area (Å²) in [5.74, 6) is -2.31. The highest BCUT2D eigenvalue weighted by atomic mass is 16.5. The van der Waals surface area contributed by atoms with Gasteiger partial charge in [0.05, 0.1) is 47.3 Å². The highest BCUT2D eigenvalue weighted by Crippen LogP contribution is 2.37. The van der Waals surface area contributed by atoms with Crippen molar-refractivity contribution < 1.29 is 29.3 Å². The van der Waals surface area contributed by atoms with Gasteiger partial charge in [-0.05, 0) is 74.9 Å². The Morgan fingerprint density at radius 3 is 1.70 bits per heavy atom. The highest BCUT2D eigenvalue weighted by Gasteiger charge is 2.32. The number of carboxylic acid groups (broad SMARTS) is 2. The summed E-state index contributed by atoms with van der Waals surface area (Å²) in [6.07, 6.45) is 0. The Balaban J connectivity index is 1.77. The number of aromatic nitrogens is 4. The summed E-state index contributed by atoms with van der Waals surface area (Å²) in [5, 5.41) is 25.1. The molecule has 12 nitrogen and oxygen atoms in total. The number of carboxylic acids is 2. The first-order chi connectivity index (χ1) is 21.0. The molecule has 0 spiro atoms. The lowest BCUT2D eigenvalue weighted by Crippen LogP contribution is -2.25. The van der Waals surface area contributed by atoms with Crippen LogP contribution in [0.2, 0.25) is 0 Å². The van der Waals surface area contributed by atoms with E-state index in [1.54, 1.807) is 44.2 Å². The number of aromatic carboxylic acids is 2. The predicted molar refractivity (Wildman–Crippen MR) is 161 cm³/mol. The minimum Gasteiger partial charge on any atom is -0.493 e. The molecule has 0 saturated heterocycles. The van der Waals surface area contributed by atoms with Crippen LogP contribution in [-0.2, 0) is 0 Å². The van der Waals surface area contributed by atoms with Gasteiger partial charge in [-0.3, -0.25) is 19.8 Å². The van der Waals surface area contributed by atoms with E-state index in [0.717, 1.165) is 0 Å². The zero-order chi connectivity index (χ0) is 31.7. The molecular formula is C32H30N4O8. The Hall–Kier alpha value is -5.78. The summed E-state index contributed by atoms with van der Waals surface area (Å²) in [7, 11) is 1.49. The average Bonchev–Trinajstić information content (AvgIpc) is 3.48. The number of methoxy groups -OCH3 is 1. The van der Waals surface area contributed by atoms with Crippen molar-refractivity contribution in [1.82, 2.24) is 19.6 Å². The van der Waals surface area contributed by atoms with Gasteiger partial charge in [-0.15, -0.1) is 0 Å². The number of carbonyl (C=O) groups is 2. The van der Waals surface area contributed by atoms with Crippen molar-refractivity contribution in [3.05, 3.63) is 127 Å². The second kappa shape index (κ2) is 11.8. The number of rotatable bonds is 10. The molecule has 12 heteroatoms.